The number of rotatable bonds is 2. The Morgan fingerprint density at radius 2 is 2.27 bits per heavy atom. The molecule has 0 fully saturated rings. The highest BCUT2D eigenvalue weighted by atomic mass is 16.1. The summed E-state index contributed by atoms with van der Waals surface area (Å²) < 4.78 is 0. The van der Waals surface area contributed by atoms with Crippen molar-refractivity contribution in [3.8, 4) is 0 Å². The van der Waals surface area contributed by atoms with Crippen LogP contribution in [0.3, 0.4) is 0 Å². The number of carbonyl (C=O) groups is 1. The molecule has 3 nitrogen and oxygen atoms in total. The molecule has 1 unspecified atom stereocenters. The second-order valence-electron chi connectivity index (χ2n) is 4.15. The molecule has 0 bridgehead atoms. The maximum atomic E-state index is 11.6. The molecule has 1 atom stereocenters. The number of Topliss-reactive ketones (excluding diaryl/α,β-unsaturated/α-hetero) is 1. The number of nitrogens with two attached hydrogens (primary N) is 1. The minimum Gasteiger partial charge on any atom is -0.384 e. The number of hydrogen-bond donors (Lipinski definition) is 2. The molecule has 1 aliphatic rings. The van der Waals surface area contributed by atoms with E-state index in [4.69, 9.17) is 5.73 Å². The van der Waals surface area contributed by atoms with Crippen LogP contribution in [0.4, 0.5) is 5.69 Å². The van der Waals surface area contributed by atoms with Crippen LogP contribution in [0.1, 0.15) is 22.6 Å². The molecule has 3 N–H and O–H groups in total. The molecule has 2 rings (SSSR count). The molecule has 0 amide bonds. The van der Waals surface area contributed by atoms with Gasteiger partial charge in [0.25, 0.3) is 0 Å². The van der Waals surface area contributed by atoms with Gasteiger partial charge in [-0.3, -0.25) is 4.79 Å². The molecule has 0 aromatic heterocycles. The van der Waals surface area contributed by atoms with Crippen LogP contribution in [0.5, 0.6) is 0 Å². The monoisotopic (exact) mass is 204 g/mol. The van der Waals surface area contributed by atoms with E-state index in [0.29, 0.717) is 6.54 Å². The molecule has 80 valence electrons. The van der Waals surface area contributed by atoms with Gasteiger partial charge in [0.15, 0.2) is 5.78 Å². The Kier molecular flexibility index (Phi) is 2.49. The highest BCUT2D eigenvalue weighted by Crippen LogP contribution is 2.35. The average molecular weight is 204 g/mol. The molecule has 1 heterocycles. The third kappa shape index (κ3) is 1.63. The maximum absolute atomic E-state index is 11.6. The predicted octanol–water partition coefficient (Wildman–Crippen LogP) is 1.34. The summed E-state index contributed by atoms with van der Waals surface area (Å²) in [5.74, 6) is 0.0647. The highest BCUT2D eigenvalue weighted by molar-refractivity contribution is 5.91. The van der Waals surface area contributed by atoms with Crippen molar-refractivity contribution in [1.82, 2.24) is 0 Å². The van der Waals surface area contributed by atoms with Crippen LogP contribution in [0.15, 0.2) is 12.1 Å². The maximum Gasteiger partial charge on any atom is 0.155 e. The molecule has 0 radical (unpaired) electrons. The molecule has 15 heavy (non-hydrogen) atoms. The SMILES string of the molecule is Cc1cc(C)c2c(c1)C(C(=O)CN)CN2. The number of hydrogen-bond acceptors (Lipinski definition) is 3. The average Bonchev–Trinajstić information content (AvgIpc) is 2.60. The van der Waals surface area contributed by atoms with Crippen LogP contribution >= 0.6 is 0 Å². The predicted molar refractivity (Wildman–Crippen MR) is 61.2 cm³/mol. The van der Waals surface area contributed by atoms with Gasteiger partial charge < -0.3 is 11.1 Å². The normalized spacial score (nSPS) is 18.5. The number of nitrogens with one attached hydrogen (secondary N) is 1. The van der Waals surface area contributed by atoms with Crippen molar-refractivity contribution in [2.45, 2.75) is 19.8 Å². The van der Waals surface area contributed by atoms with E-state index in [9.17, 15) is 4.79 Å². The molecule has 0 spiro atoms. The van der Waals surface area contributed by atoms with E-state index < -0.39 is 0 Å². The van der Waals surface area contributed by atoms with Crippen LogP contribution in [0, 0.1) is 13.8 Å². The zero-order valence-electron chi connectivity index (χ0n) is 9.13. The summed E-state index contributed by atoms with van der Waals surface area (Å²) in [7, 11) is 0. The number of carbonyl (C=O) groups excluding carboxylic acids is 1. The molecule has 0 saturated heterocycles. The van der Waals surface area contributed by atoms with Gasteiger partial charge in [0, 0.05) is 12.2 Å². The molecule has 1 aromatic carbocycles. The van der Waals surface area contributed by atoms with Crippen LogP contribution in [0.2, 0.25) is 0 Å². The number of aryl methyl sites for hydroxylation is 2. The lowest BCUT2D eigenvalue weighted by Crippen LogP contribution is -2.22. The van der Waals surface area contributed by atoms with E-state index >= 15 is 0 Å². The largest absolute Gasteiger partial charge is 0.384 e. The van der Waals surface area contributed by atoms with E-state index in [1.807, 2.05) is 0 Å². The molecule has 1 aliphatic heterocycles. The molecule has 3 heteroatoms. The van der Waals surface area contributed by atoms with Gasteiger partial charge in [0.2, 0.25) is 0 Å². The summed E-state index contributed by atoms with van der Waals surface area (Å²) in [5.41, 5.74) is 10.0. The summed E-state index contributed by atoms with van der Waals surface area (Å²) in [6.07, 6.45) is 0. The van der Waals surface area contributed by atoms with E-state index in [2.05, 4.69) is 31.3 Å². The van der Waals surface area contributed by atoms with Crippen LogP contribution in [-0.4, -0.2) is 18.9 Å². The third-order valence-electron chi connectivity index (χ3n) is 2.96. The number of benzene rings is 1. The highest BCUT2D eigenvalue weighted by Gasteiger charge is 2.28. The Morgan fingerprint density at radius 1 is 1.53 bits per heavy atom. The first-order valence-corrected chi connectivity index (χ1v) is 5.21. The van der Waals surface area contributed by atoms with E-state index in [-0.39, 0.29) is 18.2 Å². The molecular weight excluding hydrogens is 188 g/mol. The lowest BCUT2D eigenvalue weighted by molar-refractivity contribution is -0.118. The van der Waals surface area contributed by atoms with Crippen molar-refractivity contribution in [2.75, 3.05) is 18.4 Å². The summed E-state index contributed by atoms with van der Waals surface area (Å²) in [4.78, 5) is 11.6. The van der Waals surface area contributed by atoms with Gasteiger partial charge in [0.1, 0.15) is 0 Å². The molecule has 0 aliphatic carbocycles. The molecular formula is C12H16N2O. The standard InChI is InChI=1S/C12H16N2O/c1-7-3-8(2)12-9(4-7)10(6-14-12)11(15)5-13/h3-4,10,14H,5-6,13H2,1-2H3. The van der Waals surface area contributed by atoms with Gasteiger partial charge >= 0.3 is 0 Å². The Bertz CT molecular complexity index is 412. The van der Waals surface area contributed by atoms with Gasteiger partial charge in [-0.05, 0) is 25.0 Å². The first-order chi connectivity index (χ1) is 7.13. The zero-order chi connectivity index (χ0) is 11.0. The van der Waals surface area contributed by atoms with Gasteiger partial charge in [-0.25, -0.2) is 0 Å². The van der Waals surface area contributed by atoms with Gasteiger partial charge in [-0.1, -0.05) is 17.7 Å². The first kappa shape index (κ1) is 10.2. The molecule has 1 aromatic rings. The summed E-state index contributed by atoms with van der Waals surface area (Å²) in [5, 5.41) is 3.28. The quantitative estimate of drug-likeness (QED) is 0.764. The van der Waals surface area contributed by atoms with Gasteiger partial charge in [0.05, 0.1) is 12.5 Å². The summed E-state index contributed by atoms with van der Waals surface area (Å²) in [6, 6.07) is 4.21. The minimum atomic E-state index is -0.0522. The Balaban J connectivity index is 2.46. The number of fused-ring (bicyclic) bond motifs is 1. The van der Waals surface area contributed by atoms with Crippen molar-refractivity contribution in [3.63, 3.8) is 0 Å². The second kappa shape index (κ2) is 3.66. The van der Waals surface area contributed by atoms with Crippen LogP contribution in [0.25, 0.3) is 0 Å². The van der Waals surface area contributed by atoms with Crippen molar-refractivity contribution >= 4 is 11.5 Å². The summed E-state index contributed by atoms with van der Waals surface area (Å²) in [6.45, 7) is 4.93. The first-order valence-electron chi connectivity index (χ1n) is 5.21. The third-order valence-corrected chi connectivity index (χ3v) is 2.96. The van der Waals surface area contributed by atoms with Crippen molar-refractivity contribution in [3.05, 3.63) is 28.8 Å². The fourth-order valence-corrected chi connectivity index (χ4v) is 2.26. The number of anilines is 1. The fraction of sp³-hybridized carbons (Fsp3) is 0.417. The Hall–Kier alpha value is -1.35. The molecule has 0 saturated carbocycles. The van der Waals surface area contributed by atoms with E-state index in [1.165, 1.54) is 11.1 Å². The minimum absolute atomic E-state index is 0.0522. The van der Waals surface area contributed by atoms with Crippen molar-refractivity contribution in [2.24, 2.45) is 5.73 Å². The summed E-state index contributed by atoms with van der Waals surface area (Å²) >= 11 is 0. The van der Waals surface area contributed by atoms with Crippen LogP contribution < -0.4 is 11.1 Å². The Labute approximate surface area is 89.7 Å². The van der Waals surface area contributed by atoms with Crippen LogP contribution in [-0.2, 0) is 4.79 Å². The van der Waals surface area contributed by atoms with E-state index in [1.54, 1.807) is 0 Å². The Morgan fingerprint density at radius 3 is 2.93 bits per heavy atom. The van der Waals surface area contributed by atoms with Crippen molar-refractivity contribution in [1.29, 1.82) is 0 Å². The zero-order valence-corrected chi connectivity index (χ0v) is 9.13. The fourth-order valence-electron chi connectivity index (χ4n) is 2.26. The lowest BCUT2D eigenvalue weighted by Gasteiger charge is -2.09. The smallest absolute Gasteiger partial charge is 0.155 e. The topological polar surface area (TPSA) is 55.1 Å². The van der Waals surface area contributed by atoms with E-state index in [0.717, 1.165) is 11.3 Å². The van der Waals surface area contributed by atoms with Gasteiger partial charge in [-0.15, -0.1) is 0 Å². The number of ketones is 1. The van der Waals surface area contributed by atoms with Gasteiger partial charge in [-0.2, -0.15) is 0 Å². The lowest BCUT2D eigenvalue weighted by atomic mass is 9.94. The second-order valence-corrected chi connectivity index (χ2v) is 4.15. The van der Waals surface area contributed by atoms with Crippen molar-refractivity contribution < 1.29 is 4.79 Å².